The quantitative estimate of drug-likeness (QED) is 0.892. The minimum Gasteiger partial charge on any atom is -0.478 e. The van der Waals surface area contributed by atoms with E-state index in [2.05, 4.69) is 10.3 Å². The lowest BCUT2D eigenvalue weighted by atomic mass is 10.1. The van der Waals surface area contributed by atoms with E-state index in [1.165, 1.54) is 6.07 Å². The van der Waals surface area contributed by atoms with Gasteiger partial charge in [-0.15, -0.1) is 0 Å². The van der Waals surface area contributed by atoms with Gasteiger partial charge in [0.15, 0.2) is 0 Å². The minimum absolute atomic E-state index is 0.137. The lowest BCUT2D eigenvalue weighted by molar-refractivity contribution is 0.0695. The Balaban J connectivity index is 2.31. The predicted molar refractivity (Wildman–Crippen MR) is 75.1 cm³/mol. The number of aryl methyl sites for hydroxylation is 1. The fourth-order valence-electron chi connectivity index (χ4n) is 1.82. The number of aromatic nitrogens is 1. The SMILES string of the molecule is Cc1nc(Nc2ccc(C#N)c(C#N)c2)ccc1C(=O)O. The smallest absolute Gasteiger partial charge is 0.337 e. The molecule has 0 radical (unpaired) electrons. The molecule has 0 unspecified atom stereocenters. The van der Waals surface area contributed by atoms with E-state index in [0.29, 0.717) is 22.8 Å². The number of anilines is 2. The molecule has 0 aliphatic rings. The van der Waals surface area contributed by atoms with E-state index in [4.69, 9.17) is 15.6 Å². The van der Waals surface area contributed by atoms with Crippen LogP contribution in [0.25, 0.3) is 0 Å². The maximum Gasteiger partial charge on any atom is 0.337 e. The van der Waals surface area contributed by atoms with Gasteiger partial charge in [-0.3, -0.25) is 0 Å². The van der Waals surface area contributed by atoms with Crippen molar-refractivity contribution in [3.8, 4) is 12.1 Å². The average molecular weight is 278 g/mol. The van der Waals surface area contributed by atoms with E-state index in [0.717, 1.165) is 0 Å². The van der Waals surface area contributed by atoms with Crippen LogP contribution in [0.2, 0.25) is 0 Å². The number of hydrogen-bond acceptors (Lipinski definition) is 5. The molecule has 0 saturated heterocycles. The number of aromatic carboxylic acids is 1. The number of rotatable bonds is 3. The Hall–Kier alpha value is -3.38. The molecule has 6 heteroatoms. The molecule has 0 atom stereocenters. The Kier molecular flexibility index (Phi) is 3.83. The van der Waals surface area contributed by atoms with Gasteiger partial charge in [0.05, 0.1) is 22.4 Å². The monoisotopic (exact) mass is 278 g/mol. The van der Waals surface area contributed by atoms with Crippen LogP contribution in [0.1, 0.15) is 27.2 Å². The normalized spacial score (nSPS) is 9.48. The number of nitrogens with one attached hydrogen (secondary N) is 1. The lowest BCUT2D eigenvalue weighted by Gasteiger charge is -2.08. The highest BCUT2D eigenvalue weighted by atomic mass is 16.4. The first-order chi connectivity index (χ1) is 10.0. The van der Waals surface area contributed by atoms with E-state index >= 15 is 0 Å². The van der Waals surface area contributed by atoms with Gasteiger partial charge < -0.3 is 10.4 Å². The molecule has 2 rings (SSSR count). The highest BCUT2D eigenvalue weighted by Gasteiger charge is 2.09. The van der Waals surface area contributed by atoms with Crippen molar-refractivity contribution < 1.29 is 9.90 Å². The van der Waals surface area contributed by atoms with Gasteiger partial charge in [-0.2, -0.15) is 10.5 Å². The number of benzene rings is 1. The third kappa shape index (κ3) is 2.96. The fraction of sp³-hybridized carbons (Fsp3) is 0.0667. The zero-order chi connectivity index (χ0) is 15.4. The first-order valence-corrected chi connectivity index (χ1v) is 5.97. The number of pyridine rings is 1. The molecule has 1 aromatic carbocycles. The molecular formula is C15H10N4O2. The summed E-state index contributed by atoms with van der Waals surface area (Å²) in [5.74, 6) is -0.567. The largest absolute Gasteiger partial charge is 0.478 e. The summed E-state index contributed by atoms with van der Waals surface area (Å²) in [7, 11) is 0. The van der Waals surface area contributed by atoms with E-state index in [1.807, 2.05) is 12.1 Å². The average Bonchev–Trinajstić information content (AvgIpc) is 2.46. The number of carboxylic acids is 1. The van der Waals surface area contributed by atoms with Crippen molar-refractivity contribution in [3.05, 3.63) is 52.7 Å². The zero-order valence-electron chi connectivity index (χ0n) is 11.1. The Bertz CT molecular complexity index is 800. The topological polar surface area (TPSA) is 110 Å². The van der Waals surface area contributed by atoms with Crippen molar-refractivity contribution >= 4 is 17.5 Å². The number of nitrogens with zero attached hydrogens (tertiary/aromatic N) is 3. The summed E-state index contributed by atoms with van der Waals surface area (Å²) in [6, 6.07) is 11.6. The van der Waals surface area contributed by atoms with Crippen molar-refractivity contribution in [2.45, 2.75) is 6.92 Å². The lowest BCUT2D eigenvalue weighted by Crippen LogP contribution is -2.03. The van der Waals surface area contributed by atoms with Gasteiger partial charge in [0.1, 0.15) is 18.0 Å². The summed E-state index contributed by atoms with van der Waals surface area (Å²) >= 11 is 0. The second-order valence-electron chi connectivity index (χ2n) is 4.24. The fourth-order valence-corrected chi connectivity index (χ4v) is 1.82. The summed E-state index contributed by atoms with van der Waals surface area (Å²) in [4.78, 5) is 15.1. The van der Waals surface area contributed by atoms with Crippen LogP contribution in [0.5, 0.6) is 0 Å². The second kappa shape index (κ2) is 5.72. The van der Waals surface area contributed by atoms with Crippen LogP contribution < -0.4 is 5.32 Å². The van der Waals surface area contributed by atoms with Gasteiger partial charge in [-0.1, -0.05) is 0 Å². The Morgan fingerprint density at radius 1 is 1.19 bits per heavy atom. The van der Waals surface area contributed by atoms with E-state index in [9.17, 15) is 4.79 Å². The van der Waals surface area contributed by atoms with E-state index in [1.54, 1.807) is 31.2 Å². The molecule has 2 aromatic rings. The molecule has 0 aliphatic heterocycles. The number of nitriles is 2. The van der Waals surface area contributed by atoms with Gasteiger partial charge in [0.25, 0.3) is 0 Å². The number of carboxylic acid groups (broad SMARTS) is 1. The standard InChI is InChI=1S/C15H10N4O2/c1-9-13(15(20)21)4-5-14(18-9)19-12-3-2-10(7-16)11(6-12)8-17/h2-6H,1H3,(H,18,19)(H,20,21). The molecule has 1 aromatic heterocycles. The van der Waals surface area contributed by atoms with Crippen molar-refractivity contribution in [1.82, 2.24) is 4.98 Å². The highest BCUT2D eigenvalue weighted by molar-refractivity contribution is 5.89. The van der Waals surface area contributed by atoms with Gasteiger partial charge >= 0.3 is 5.97 Å². The Morgan fingerprint density at radius 2 is 1.90 bits per heavy atom. The summed E-state index contributed by atoms with van der Waals surface area (Å²) < 4.78 is 0. The molecule has 1 heterocycles. The number of hydrogen-bond donors (Lipinski definition) is 2. The molecule has 2 N–H and O–H groups in total. The summed E-state index contributed by atoms with van der Waals surface area (Å²) in [6.45, 7) is 1.61. The third-order valence-electron chi connectivity index (χ3n) is 2.85. The van der Waals surface area contributed by atoms with Crippen LogP contribution in [-0.4, -0.2) is 16.1 Å². The van der Waals surface area contributed by atoms with E-state index < -0.39 is 5.97 Å². The molecule has 0 fully saturated rings. The maximum absolute atomic E-state index is 10.9. The second-order valence-corrected chi connectivity index (χ2v) is 4.24. The predicted octanol–water partition coefficient (Wildman–Crippen LogP) is 2.58. The van der Waals surface area contributed by atoms with Crippen molar-refractivity contribution in [1.29, 1.82) is 10.5 Å². The highest BCUT2D eigenvalue weighted by Crippen LogP contribution is 2.19. The zero-order valence-corrected chi connectivity index (χ0v) is 11.1. The van der Waals surface area contributed by atoms with Crippen LogP contribution in [0.3, 0.4) is 0 Å². The number of carbonyl (C=O) groups is 1. The molecule has 21 heavy (non-hydrogen) atoms. The van der Waals surface area contributed by atoms with Crippen LogP contribution in [-0.2, 0) is 0 Å². The van der Waals surface area contributed by atoms with Gasteiger partial charge in [0.2, 0.25) is 0 Å². The van der Waals surface area contributed by atoms with Crippen LogP contribution in [0.4, 0.5) is 11.5 Å². The molecule has 0 bridgehead atoms. The third-order valence-corrected chi connectivity index (χ3v) is 2.85. The summed E-state index contributed by atoms with van der Waals surface area (Å²) in [6.07, 6.45) is 0. The first kappa shape index (κ1) is 14.0. The van der Waals surface area contributed by atoms with Crippen LogP contribution >= 0.6 is 0 Å². The summed E-state index contributed by atoms with van der Waals surface area (Å²) in [5.41, 5.74) is 1.69. The first-order valence-electron chi connectivity index (χ1n) is 5.97. The molecule has 0 saturated carbocycles. The van der Waals surface area contributed by atoms with Gasteiger partial charge in [-0.05, 0) is 37.3 Å². The molecule has 0 amide bonds. The Labute approximate surface area is 120 Å². The molecule has 0 spiro atoms. The van der Waals surface area contributed by atoms with Gasteiger partial charge in [0, 0.05) is 5.69 Å². The van der Waals surface area contributed by atoms with Crippen molar-refractivity contribution in [3.63, 3.8) is 0 Å². The molecule has 0 aliphatic carbocycles. The Morgan fingerprint density at radius 3 is 2.48 bits per heavy atom. The van der Waals surface area contributed by atoms with Crippen LogP contribution in [0, 0.1) is 29.6 Å². The minimum atomic E-state index is -1.03. The van der Waals surface area contributed by atoms with Crippen molar-refractivity contribution in [2.24, 2.45) is 0 Å². The molecular weight excluding hydrogens is 268 g/mol. The summed E-state index contributed by atoms with van der Waals surface area (Å²) in [5, 5.41) is 29.7. The maximum atomic E-state index is 10.9. The van der Waals surface area contributed by atoms with Crippen molar-refractivity contribution in [2.75, 3.05) is 5.32 Å². The van der Waals surface area contributed by atoms with Crippen LogP contribution in [0.15, 0.2) is 30.3 Å². The van der Waals surface area contributed by atoms with E-state index in [-0.39, 0.29) is 11.1 Å². The molecule has 102 valence electrons. The molecule has 6 nitrogen and oxygen atoms in total. The van der Waals surface area contributed by atoms with Gasteiger partial charge in [-0.25, -0.2) is 9.78 Å².